The largest absolute Gasteiger partial charge is 0.443 e. The van der Waals surface area contributed by atoms with E-state index in [9.17, 15) is 4.79 Å². The summed E-state index contributed by atoms with van der Waals surface area (Å²) < 4.78 is 5.73. The van der Waals surface area contributed by atoms with Gasteiger partial charge in [0.2, 0.25) is 0 Å². The molecule has 0 aliphatic rings. The van der Waals surface area contributed by atoms with Crippen LogP contribution in [0, 0.1) is 19.3 Å². The lowest BCUT2D eigenvalue weighted by Gasteiger charge is -2.26. The van der Waals surface area contributed by atoms with Gasteiger partial charge in [0, 0.05) is 24.7 Å². The average Bonchev–Trinajstić information content (AvgIpc) is 2.78. The van der Waals surface area contributed by atoms with Crippen molar-refractivity contribution in [3.63, 3.8) is 0 Å². The highest BCUT2D eigenvalue weighted by Crippen LogP contribution is 2.28. The molecule has 0 aromatic heterocycles. The Morgan fingerprint density at radius 1 is 1.03 bits per heavy atom. The van der Waals surface area contributed by atoms with Gasteiger partial charge >= 0.3 is 11.3 Å². The molecule has 1 N–H and O–H groups in total. The molecule has 2 aromatic carbocycles. The van der Waals surface area contributed by atoms with Crippen LogP contribution in [0.4, 0.5) is 10.5 Å². The second-order valence-corrected chi connectivity index (χ2v) is 12.1. The molecule has 0 atom stereocenters. The lowest BCUT2D eigenvalue weighted by molar-refractivity contribution is 0.0605. The zero-order valence-electron chi connectivity index (χ0n) is 24.2. The van der Waals surface area contributed by atoms with Gasteiger partial charge in [-0.25, -0.2) is 4.79 Å². The van der Waals surface area contributed by atoms with Crippen LogP contribution in [0.25, 0.3) is 0 Å². The molecule has 0 spiro atoms. The molecule has 0 heterocycles. The normalized spacial score (nSPS) is 12.6. The SMILES string of the molecule is CCN(C)CCc1cc(C)c(N(C(=O)OC(C)(C)C)C([SH2+])=NC(=N)c2ccc(C(C)(C)C)cc2)cc1C. The van der Waals surface area contributed by atoms with Crippen molar-refractivity contribution in [2.75, 3.05) is 25.0 Å². The van der Waals surface area contributed by atoms with Gasteiger partial charge in [-0.1, -0.05) is 58.0 Å². The standard InChI is InChI=1S/C30H44N4O2S/c1-11-33(10)17-16-23-18-21(3)25(19-20(23)2)34(28(35)36-30(7,8)9)27(37)32-26(31)22-12-14-24(15-13-22)29(4,5)6/h12-15,18-19H,11,16-17H2,1-10H3,(H2,31,32,37)/p+1. The maximum Gasteiger partial charge on any atom is 0.424 e. The first-order chi connectivity index (χ1) is 17.0. The van der Waals surface area contributed by atoms with Gasteiger partial charge in [-0.15, -0.1) is 0 Å². The van der Waals surface area contributed by atoms with Gasteiger partial charge in [0.1, 0.15) is 5.60 Å². The van der Waals surface area contributed by atoms with Crippen LogP contribution in [-0.4, -0.2) is 47.7 Å². The Morgan fingerprint density at radius 3 is 2.14 bits per heavy atom. The van der Waals surface area contributed by atoms with Crippen LogP contribution < -0.4 is 4.90 Å². The number of carbonyl (C=O) groups is 1. The van der Waals surface area contributed by atoms with Crippen molar-refractivity contribution in [3.05, 3.63) is 64.2 Å². The number of nitrogens with one attached hydrogen (secondary N) is 1. The summed E-state index contributed by atoms with van der Waals surface area (Å²) in [6, 6.07) is 11.9. The number of carbonyl (C=O) groups excluding carboxylic acids is 1. The summed E-state index contributed by atoms with van der Waals surface area (Å²) in [6.45, 7) is 20.1. The van der Waals surface area contributed by atoms with E-state index < -0.39 is 11.7 Å². The Hall–Kier alpha value is -2.64. The minimum absolute atomic E-state index is 0.0191. The van der Waals surface area contributed by atoms with Crippen molar-refractivity contribution < 1.29 is 9.53 Å². The molecule has 0 aliphatic heterocycles. The summed E-state index contributed by atoms with van der Waals surface area (Å²) in [7, 11) is 2.11. The second kappa shape index (κ2) is 12.3. The van der Waals surface area contributed by atoms with Crippen molar-refractivity contribution >= 4 is 35.4 Å². The first-order valence-electron chi connectivity index (χ1n) is 12.8. The van der Waals surface area contributed by atoms with Gasteiger partial charge in [-0.3, -0.25) is 5.41 Å². The fraction of sp³-hybridized carbons (Fsp3) is 0.500. The van der Waals surface area contributed by atoms with Crippen LogP contribution in [0.1, 0.15) is 76.3 Å². The number of amides is 1. The second-order valence-electron chi connectivity index (χ2n) is 11.6. The Bertz CT molecular complexity index is 1140. The third kappa shape index (κ3) is 8.71. The fourth-order valence-electron chi connectivity index (χ4n) is 3.80. The Kier molecular flexibility index (Phi) is 10.1. The molecule has 2 aromatic rings. The summed E-state index contributed by atoms with van der Waals surface area (Å²) in [5.74, 6) is 0.0487. The van der Waals surface area contributed by atoms with Crippen molar-refractivity contribution in [1.82, 2.24) is 4.90 Å². The number of benzene rings is 2. The number of likely N-dealkylation sites (N-methyl/N-ethyl adjacent to an activating group) is 1. The molecule has 37 heavy (non-hydrogen) atoms. The smallest absolute Gasteiger partial charge is 0.424 e. The monoisotopic (exact) mass is 525 g/mol. The van der Waals surface area contributed by atoms with Crippen LogP contribution in [-0.2, 0) is 29.2 Å². The zero-order chi connectivity index (χ0) is 28.1. The number of aryl methyl sites for hydroxylation is 2. The molecule has 0 unspecified atom stereocenters. The van der Waals surface area contributed by atoms with E-state index in [1.165, 1.54) is 16.0 Å². The lowest BCUT2D eigenvalue weighted by atomic mass is 9.87. The van der Waals surface area contributed by atoms with E-state index in [0.29, 0.717) is 11.3 Å². The first-order valence-corrected chi connectivity index (χ1v) is 13.3. The topological polar surface area (TPSA) is 69.0 Å². The van der Waals surface area contributed by atoms with Gasteiger partial charge in [0.15, 0.2) is 5.84 Å². The molecule has 2 rings (SSSR count). The minimum atomic E-state index is -0.689. The summed E-state index contributed by atoms with van der Waals surface area (Å²) in [6.07, 6.45) is 0.367. The highest BCUT2D eigenvalue weighted by atomic mass is 32.1. The zero-order valence-corrected chi connectivity index (χ0v) is 25.2. The Labute approximate surface area is 229 Å². The maximum atomic E-state index is 13.4. The molecule has 0 saturated carbocycles. The van der Waals surface area contributed by atoms with Gasteiger partial charge in [-0.05, 0) is 88.4 Å². The van der Waals surface area contributed by atoms with Gasteiger partial charge in [0.05, 0.1) is 5.69 Å². The molecule has 0 aliphatic carbocycles. The molecule has 6 nitrogen and oxygen atoms in total. The van der Waals surface area contributed by atoms with E-state index in [0.717, 1.165) is 30.6 Å². The fourth-order valence-corrected chi connectivity index (χ4v) is 4.12. The van der Waals surface area contributed by atoms with Gasteiger partial charge in [0.25, 0.3) is 0 Å². The van der Waals surface area contributed by atoms with Crippen molar-refractivity contribution in [2.24, 2.45) is 4.99 Å². The van der Waals surface area contributed by atoms with E-state index in [2.05, 4.69) is 70.3 Å². The van der Waals surface area contributed by atoms with Crippen LogP contribution >= 0.6 is 0 Å². The molecular weight excluding hydrogens is 480 g/mol. The highest BCUT2D eigenvalue weighted by Gasteiger charge is 2.31. The van der Waals surface area contributed by atoms with Crippen LogP contribution in [0.2, 0.25) is 0 Å². The van der Waals surface area contributed by atoms with E-state index in [4.69, 9.17) is 10.1 Å². The number of hydrogen-bond acceptors (Lipinski definition) is 4. The first kappa shape index (κ1) is 30.6. The number of rotatable bonds is 6. The molecule has 0 fully saturated rings. The molecule has 0 bridgehead atoms. The number of nitrogens with zero attached hydrogens (tertiary/aromatic N) is 3. The third-order valence-electron chi connectivity index (χ3n) is 6.23. The Balaban J connectivity index is 2.47. The predicted octanol–water partition coefficient (Wildman–Crippen LogP) is 6.23. The highest BCUT2D eigenvalue weighted by molar-refractivity contribution is 7.78. The summed E-state index contributed by atoms with van der Waals surface area (Å²) in [4.78, 5) is 21.5. The quantitative estimate of drug-likeness (QED) is 0.276. The number of hydrogen-bond donors (Lipinski definition) is 1. The predicted molar refractivity (Wildman–Crippen MR) is 161 cm³/mol. The van der Waals surface area contributed by atoms with Crippen molar-refractivity contribution in [3.8, 4) is 0 Å². The average molecular weight is 526 g/mol. The molecule has 1 amide bonds. The van der Waals surface area contributed by atoms with Gasteiger partial charge < -0.3 is 9.64 Å². The molecular formula is C30H45N4O2S+. The summed E-state index contributed by atoms with van der Waals surface area (Å²) in [5, 5.41) is 8.80. The molecule has 7 heteroatoms. The van der Waals surface area contributed by atoms with E-state index >= 15 is 0 Å². The molecule has 0 radical (unpaired) electrons. The van der Waals surface area contributed by atoms with Crippen molar-refractivity contribution in [1.29, 1.82) is 5.41 Å². The molecule has 0 saturated heterocycles. The number of aliphatic imine (C=N–C) groups is 1. The van der Waals surface area contributed by atoms with Crippen LogP contribution in [0.5, 0.6) is 0 Å². The number of ether oxygens (including phenoxy) is 1. The summed E-state index contributed by atoms with van der Waals surface area (Å²) in [5.41, 5.74) is 5.10. The van der Waals surface area contributed by atoms with Crippen LogP contribution in [0.3, 0.4) is 0 Å². The van der Waals surface area contributed by atoms with Gasteiger partial charge in [-0.2, -0.15) is 9.89 Å². The summed E-state index contributed by atoms with van der Waals surface area (Å²) >= 11 is 3.56. The number of anilines is 1. The van der Waals surface area contributed by atoms with E-state index in [1.54, 1.807) is 0 Å². The Morgan fingerprint density at radius 2 is 1.62 bits per heavy atom. The van der Waals surface area contributed by atoms with E-state index in [-0.39, 0.29) is 16.4 Å². The van der Waals surface area contributed by atoms with Crippen molar-refractivity contribution in [2.45, 2.75) is 79.8 Å². The minimum Gasteiger partial charge on any atom is -0.443 e. The third-order valence-corrected chi connectivity index (χ3v) is 6.56. The lowest BCUT2D eigenvalue weighted by Crippen LogP contribution is -2.41. The van der Waals surface area contributed by atoms with Crippen LogP contribution in [0.15, 0.2) is 41.4 Å². The number of amidine groups is 2. The molecule has 202 valence electrons. The van der Waals surface area contributed by atoms with E-state index in [1.807, 2.05) is 58.0 Å². The maximum absolute atomic E-state index is 13.4.